The van der Waals surface area contributed by atoms with Crippen LogP contribution in [0.4, 0.5) is 0 Å². The van der Waals surface area contributed by atoms with Gasteiger partial charge in [-0.1, -0.05) is 54.6 Å². The highest BCUT2D eigenvalue weighted by molar-refractivity contribution is 5.38. The molecule has 0 unspecified atom stereocenters. The molecule has 1 aliphatic heterocycles. The van der Waals surface area contributed by atoms with Crippen molar-refractivity contribution in [1.82, 2.24) is 4.90 Å². The Hall–Kier alpha value is -1.60. The normalized spacial score (nSPS) is 25.2. The minimum Gasteiger partial charge on any atom is -0.292 e. The first-order valence-corrected chi connectivity index (χ1v) is 7.78. The topological polar surface area (TPSA) is 3.24 Å². The van der Waals surface area contributed by atoms with Crippen LogP contribution in [0.1, 0.15) is 47.9 Å². The van der Waals surface area contributed by atoms with E-state index in [1.54, 1.807) is 11.1 Å². The maximum atomic E-state index is 2.70. The van der Waals surface area contributed by atoms with Crippen molar-refractivity contribution in [2.45, 2.75) is 37.8 Å². The molecule has 2 aliphatic rings. The Balaban J connectivity index is 1.65. The molecule has 1 fully saturated rings. The summed E-state index contributed by atoms with van der Waals surface area (Å²) >= 11 is 0. The van der Waals surface area contributed by atoms with Gasteiger partial charge in [-0.2, -0.15) is 0 Å². The Morgan fingerprint density at radius 3 is 2.50 bits per heavy atom. The standard InChI is InChI=1S/C19H21N/c1-2-7-15(8-3-1)14-20-12-6-9-16-13-19(20)18-11-5-4-10-17(16)18/h1-5,7-8,10-11,16,19H,6,9,12-14H2/t16-,19+/m0/s1. The number of nitrogens with zero attached hydrogens (tertiary/aromatic N) is 1. The van der Waals surface area contributed by atoms with Crippen LogP contribution < -0.4 is 0 Å². The Bertz CT molecular complexity index is 590. The van der Waals surface area contributed by atoms with Crippen molar-refractivity contribution < 1.29 is 0 Å². The van der Waals surface area contributed by atoms with E-state index >= 15 is 0 Å². The minimum atomic E-state index is 0.638. The molecule has 1 aliphatic carbocycles. The number of likely N-dealkylation sites (tertiary alicyclic amines) is 1. The molecule has 2 bridgehead atoms. The van der Waals surface area contributed by atoms with Gasteiger partial charge >= 0.3 is 0 Å². The van der Waals surface area contributed by atoms with Crippen LogP contribution in [0, 0.1) is 0 Å². The summed E-state index contributed by atoms with van der Waals surface area (Å²) in [6.45, 7) is 2.33. The summed E-state index contributed by atoms with van der Waals surface area (Å²) in [5.74, 6) is 0.803. The smallest absolute Gasteiger partial charge is 0.0360 e. The van der Waals surface area contributed by atoms with E-state index in [2.05, 4.69) is 59.5 Å². The zero-order chi connectivity index (χ0) is 13.4. The van der Waals surface area contributed by atoms with Gasteiger partial charge in [0, 0.05) is 12.6 Å². The number of rotatable bonds is 2. The van der Waals surface area contributed by atoms with Crippen molar-refractivity contribution >= 4 is 0 Å². The lowest BCUT2D eigenvalue weighted by Gasteiger charge is -2.29. The SMILES string of the molecule is c1ccc(CN2CCC[C@H]3C[C@@H]2c2ccccc23)cc1. The first-order valence-electron chi connectivity index (χ1n) is 7.78. The second-order valence-corrected chi connectivity index (χ2v) is 6.18. The average molecular weight is 263 g/mol. The van der Waals surface area contributed by atoms with Crippen LogP contribution in [-0.4, -0.2) is 11.4 Å². The van der Waals surface area contributed by atoms with Crippen LogP contribution in [0.25, 0.3) is 0 Å². The van der Waals surface area contributed by atoms with Crippen molar-refractivity contribution in [2.75, 3.05) is 6.54 Å². The molecule has 1 saturated heterocycles. The van der Waals surface area contributed by atoms with Gasteiger partial charge in [0.15, 0.2) is 0 Å². The number of hydrogen-bond acceptors (Lipinski definition) is 1. The monoisotopic (exact) mass is 263 g/mol. The highest BCUT2D eigenvalue weighted by Gasteiger charge is 2.36. The molecule has 0 saturated carbocycles. The van der Waals surface area contributed by atoms with E-state index in [4.69, 9.17) is 0 Å². The summed E-state index contributed by atoms with van der Waals surface area (Å²) in [6, 6.07) is 20.7. The summed E-state index contributed by atoms with van der Waals surface area (Å²) in [5.41, 5.74) is 4.65. The molecule has 4 rings (SSSR count). The van der Waals surface area contributed by atoms with Crippen molar-refractivity contribution in [3.63, 3.8) is 0 Å². The van der Waals surface area contributed by atoms with E-state index in [0.717, 1.165) is 12.5 Å². The van der Waals surface area contributed by atoms with Crippen molar-refractivity contribution in [3.05, 3.63) is 71.3 Å². The fourth-order valence-electron chi connectivity index (χ4n) is 4.03. The molecule has 0 radical (unpaired) electrons. The summed E-state index contributed by atoms with van der Waals surface area (Å²) in [7, 11) is 0. The lowest BCUT2D eigenvalue weighted by molar-refractivity contribution is 0.197. The first-order chi connectivity index (χ1) is 9.92. The lowest BCUT2D eigenvalue weighted by atomic mass is 9.96. The predicted molar refractivity (Wildman–Crippen MR) is 82.6 cm³/mol. The number of benzene rings is 2. The van der Waals surface area contributed by atoms with E-state index in [-0.39, 0.29) is 0 Å². The average Bonchev–Trinajstić information content (AvgIpc) is 2.72. The Morgan fingerprint density at radius 2 is 1.65 bits per heavy atom. The quantitative estimate of drug-likeness (QED) is 0.770. The Morgan fingerprint density at radius 1 is 0.900 bits per heavy atom. The van der Waals surface area contributed by atoms with Crippen molar-refractivity contribution in [3.8, 4) is 0 Å². The number of hydrogen-bond donors (Lipinski definition) is 0. The molecule has 1 nitrogen and oxygen atoms in total. The summed E-state index contributed by atoms with van der Waals surface area (Å²) < 4.78 is 0. The van der Waals surface area contributed by atoms with Gasteiger partial charge in [-0.25, -0.2) is 0 Å². The van der Waals surface area contributed by atoms with Gasteiger partial charge in [-0.3, -0.25) is 4.90 Å². The summed E-state index contributed by atoms with van der Waals surface area (Å²) in [6.07, 6.45) is 4.02. The van der Waals surface area contributed by atoms with Crippen LogP contribution in [0.3, 0.4) is 0 Å². The maximum absolute atomic E-state index is 2.70. The van der Waals surface area contributed by atoms with Crippen LogP contribution in [0.2, 0.25) is 0 Å². The Labute approximate surface area is 121 Å². The van der Waals surface area contributed by atoms with Gasteiger partial charge in [0.2, 0.25) is 0 Å². The lowest BCUT2D eigenvalue weighted by Crippen LogP contribution is -2.27. The fraction of sp³-hybridized carbons (Fsp3) is 0.368. The summed E-state index contributed by atoms with van der Waals surface area (Å²) in [5, 5.41) is 0. The van der Waals surface area contributed by atoms with Crippen LogP contribution in [0.15, 0.2) is 54.6 Å². The molecule has 1 heterocycles. The van der Waals surface area contributed by atoms with E-state index in [0.29, 0.717) is 6.04 Å². The van der Waals surface area contributed by atoms with Gasteiger partial charge < -0.3 is 0 Å². The van der Waals surface area contributed by atoms with Gasteiger partial charge in [-0.15, -0.1) is 0 Å². The molecule has 2 aromatic carbocycles. The van der Waals surface area contributed by atoms with Gasteiger partial charge in [-0.05, 0) is 48.4 Å². The highest BCUT2D eigenvalue weighted by atomic mass is 15.2. The van der Waals surface area contributed by atoms with Crippen LogP contribution in [0.5, 0.6) is 0 Å². The molecule has 102 valence electrons. The molecule has 20 heavy (non-hydrogen) atoms. The van der Waals surface area contributed by atoms with Gasteiger partial charge in [0.05, 0.1) is 0 Å². The Kier molecular flexibility index (Phi) is 3.08. The molecule has 0 N–H and O–H groups in total. The molecule has 2 aromatic rings. The number of fused-ring (bicyclic) bond motifs is 5. The van der Waals surface area contributed by atoms with Crippen molar-refractivity contribution in [2.24, 2.45) is 0 Å². The molecule has 0 amide bonds. The van der Waals surface area contributed by atoms with Crippen molar-refractivity contribution in [1.29, 1.82) is 0 Å². The molecular formula is C19H21N. The molecule has 2 atom stereocenters. The second-order valence-electron chi connectivity index (χ2n) is 6.18. The van der Waals surface area contributed by atoms with E-state index in [1.165, 1.54) is 31.4 Å². The fourth-order valence-corrected chi connectivity index (χ4v) is 4.03. The van der Waals surface area contributed by atoms with E-state index < -0.39 is 0 Å². The molecule has 1 heteroatoms. The highest BCUT2D eigenvalue weighted by Crippen LogP contribution is 2.47. The zero-order valence-corrected chi connectivity index (χ0v) is 11.8. The molecular weight excluding hydrogens is 242 g/mol. The van der Waals surface area contributed by atoms with Gasteiger partial charge in [0.25, 0.3) is 0 Å². The van der Waals surface area contributed by atoms with Crippen LogP contribution >= 0.6 is 0 Å². The summed E-state index contributed by atoms with van der Waals surface area (Å²) in [4.78, 5) is 2.70. The molecule has 0 spiro atoms. The third-order valence-corrected chi connectivity index (χ3v) is 4.97. The maximum Gasteiger partial charge on any atom is 0.0360 e. The van der Waals surface area contributed by atoms with Gasteiger partial charge in [0.1, 0.15) is 0 Å². The zero-order valence-electron chi connectivity index (χ0n) is 11.8. The second kappa shape index (κ2) is 5.06. The van der Waals surface area contributed by atoms with Crippen LogP contribution in [-0.2, 0) is 6.54 Å². The third kappa shape index (κ3) is 2.06. The first kappa shape index (κ1) is 12.2. The van der Waals surface area contributed by atoms with E-state index in [1.807, 2.05) is 0 Å². The third-order valence-electron chi connectivity index (χ3n) is 4.97. The molecule has 0 aromatic heterocycles. The van der Waals surface area contributed by atoms with E-state index in [9.17, 15) is 0 Å². The predicted octanol–water partition coefficient (Wildman–Crippen LogP) is 4.51. The minimum absolute atomic E-state index is 0.638. The largest absolute Gasteiger partial charge is 0.292 e.